The lowest BCUT2D eigenvalue weighted by atomic mass is 9.79. The monoisotopic (exact) mass is 523 g/mol. The van der Waals surface area contributed by atoms with Crippen molar-refractivity contribution in [1.82, 2.24) is 20.9 Å². The Kier molecular flexibility index (Phi) is 7.95. The molecule has 0 aromatic rings. The molecule has 10 nitrogen and oxygen atoms in total. The fourth-order valence-corrected chi connectivity index (χ4v) is 5.96. The quantitative estimate of drug-likeness (QED) is 0.326. The Labute approximate surface area is 220 Å². The van der Waals surface area contributed by atoms with Gasteiger partial charge in [-0.05, 0) is 55.8 Å². The van der Waals surface area contributed by atoms with Gasteiger partial charge >= 0.3 is 6.03 Å². The number of aliphatic hydroxyl groups is 1. The Balaban J connectivity index is 1.83. The van der Waals surface area contributed by atoms with E-state index in [0.717, 1.165) is 19.3 Å². The number of urea groups is 1. The maximum atomic E-state index is 13.9. The van der Waals surface area contributed by atoms with E-state index in [0.29, 0.717) is 18.9 Å². The molecule has 1 saturated heterocycles. The van der Waals surface area contributed by atoms with E-state index in [4.69, 9.17) is 5.73 Å². The normalized spacial score (nSPS) is 27.3. The number of hydrogen-bond donors (Lipinski definition) is 5. The highest BCUT2D eigenvalue weighted by Gasteiger charge is 2.69. The lowest BCUT2D eigenvalue weighted by Crippen LogP contribution is -2.62. The summed E-state index contributed by atoms with van der Waals surface area (Å²) in [6, 6.07) is -2.86. The third-order valence-electron chi connectivity index (χ3n) is 8.45. The maximum absolute atomic E-state index is 13.9. The van der Waals surface area contributed by atoms with Crippen molar-refractivity contribution in [3.63, 3.8) is 0 Å². The summed E-state index contributed by atoms with van der Waals surface area (Å²) in [5, 5.41) is 19.0. The van der Waals surface area contributed by atoms with E-state index in [2.05, 4.69) is 29.8 Å². The van der Waals surface area contributed by atoms with Gasteiger partial charge in [-0.2, -0.15) is 0 Å². The molecule has 6 N–H and O–H groups in total. The van der Waals surface area contributed by atoms with Gasteiger partial charge in [0.25, 0.3) is 0 Å². The number of nitrogens with one attached hydrogen (secondary N) is 3. The van der Waals surface area contributed by atoms with E-state index in [9.17, 15) is 24.3 Å². The molecule has 6 atom stereocenters. The Morgan fingerprint density at radius 2 is 1.70 bits per heavy atom. The molecule has 210 valence electrons. The zero-order valence-electron chi connectivity index (χ0n) is 23.7. The van der Waals surface area contributed by atoms with Crippen LogP contribution >= 0.6 is 0 Å². The highest BCUT2D eigenvalue weighted by atomic mass is 16.3. The lowest BCUT2D eigenvalue weighted by molar-refractivity contribution is -0.144. The summed E-state index contributed by atoms with van der Waals surface area (Å²) in [5.41, 5.74) is 4.19. The number of hydrogen-bond acceptors (Lipinski definition) is 5. The van der Waals surface area contributed by atoms with Crippen LogP contribution in [0.3, 0.4) is 0 Å². The molecule has 2 saturated carbocycles. The molecular formula is C27H47N5O5. The van der Waals surface area contributed by atoms with E-state index in [1.165, 1.54) is 0 Å². The summed E-state index contributed by atoms with van der Waals surface area (Å²) in [5.74, 6) is -1.15. The first-order valence-electron chi connectivity index (χ1n) is 13.5. The molecule has 0 radical (unpaired) electrons. The summed E-state index contributed by atoms with van der Waals surface area (Å²) in [7, 11) is 0. The van der Waals surface area contributed by atoms with E-state index in [1.807, 2.05) is 41.5 Å². The van der Waals surface area contributed by atoms with Crippen molar-refractivity contribution in [2.24, 2.45) is 34.3 Å². The molecule has 37 heavy (non-hydrogen) atoms. The molecule has 2 aliphatic carbocycles. The number of primary amides is 1. The average molecular weight is 524 g/mol. The highest BCUT2D eigenvalue weighted by molar-refractivity contribution is 5.94. The Morgan fingerprint density at radius 3 is 2.16 bits per heavy atom. The topological polar surface area (TPSA) is 154 Å². The third-order valence-corrected chi connectivity index (χ3v) is 8.45. The van der Waals surface area contributed by atoms with E-state index in [1.54, 1.807) is 4.90 Å². The van der Waals surface area contributed by atoms with Crippen molar-refractivity contribution in [2.45, 2.75) is 111 Å². The Hall–Kier alpha value is -2.36. The second-order valence-corrected chi connectivity index (χ2v) is 14.0. The van der Waals surface area contributed by atoms with Gasteiger partial charge in [-0.3, -0.25) is 14.4 Å². The number of piperidine rings is 1. The van der Waals surface area contributed by atoms with Crippen molar-refractivity contribution < 1.29 is 24.3 Å². The molecule has 0 aromatic carbocycles. The Morgan fingerprint density at radius 1 is 1.11 bits per heavy atom. The largest absolute Gasteiger partial charge is 0.381 e. The van der Waals surface area contributed by atoms with Crippen LogP contribution in [-0.4, -0.2) is 70.1 Å². The predicted molar refractivity (Wildman–Crippen MR) is 140 cm³/mol. The minimum atomic E-state index is -1.50. The first-order chi connectivity index (χ1) is 16.8. The van der Waals surface area contributed by atoms with Crippen LogP contribution in [0.1, 0.15) is 81.1 Å². The molecule has 0 aromatic heterocycles. The van der Waals surface area contributed by atoms with Gasteiger partial charge in [-0.1, -0.05) is 53.9 Å². The van der Waals surface area contributed by atoms with Gasteiger partial charge in [0.15, 0.2) is 6.10 Å². The molecule has 0 bridgehead atoms. The number of rotatable bonds is 8. The second kappa shape index (κ2) is 10.1. The number of amides is 5. The van der Waals surface area contributed by atoms with Gasteiger partial charge in [0.05, 0.1) is 6.04 Å². The SMILES string of the molecule is CC(C)(C)NC(=O)N[C@H]([14C](=O)N1C[C@H]2[C@@H]([C@H]1C(=O)N[C@H](CC1CCC1)[C@@H](O)C(N)=O)C2(C)C)C(C)(C)C. The van der Waals surface area contributed by atoms with Crippen LogP contribution in [0.15, 0.2) is 0 Å². The zero-order valence-corrected chi connectivity index (χ0v) is 23.7. The third kappa shape index (κ3) is 6.38. The standard InChI is InChI=1S/C27H47N5O5/c1-25(2,3)20(30-24(37)31-26(4,5)6)23(36)32-13-15-17(27(15,7)8)18(32)22(35)29-16(19(33)21(28)34)12-14-10-9-11-14/h14-20,33H,9-13H2,1-8H3,(H2,28,34)(H,29,35)(H2,30,31,37)/t15-,16+,17-,18-,19+,20+/m0/s1/i23+2. The van der Waals surface area contributed by atoms with E-state index >= 15 is 0 Å². The molecule has 10 heteroatoms. The summed E-state index contributed by atoms with van der Waals surface area (Å²) < 4.78 is 0. The first-order valence-corrected chi connectivity index (χ1v) is 13.5. The zero-order chi connectivity index (χ0) is 28.1. The van der Waals surface area contributed by atoms with Crippen LogP contribution in [0.4, 0.5) is 4.79 Å². The molecule has 1 aliphatic heterocycles. The van der Waals surface area contributed by atoms with Crippen molar-refractivity contribution in [2.75, 3.05) is 6.54 Å². The molecule has 1 heterocycles. The second-order valence-electron chi connectivity index (χ2n) is 14.0. The lowest BCUT2D eigenvalue weighted by Gasteiger charge is -2.39. The van der Waals surface area contributed by atoms with Crippen molar-refractivity contribution in [3.05, 3.63) is 0 Å². The van der Waals surface area contributed by atoms with Crippen molar-refractivity contribution >= 4 is 23.8 Å². The summed E-state index contributed by atoms with van der Waals surface area (Å²) in [6.07, 6.45) is 2.03. The van der Waals surface area contributed by atoms with Crippen LogP contribution in [0.5, 0.6) is 0 Å². The maximum Gasteiger partial charge on any atom is 0.315 e. The summed E-state index contributed by atoms with van der Waals surface area (Å²) in [6.45, 7) is 15.8. The minimum absolute atomic E-state index is 0.0458. The fraction of sp³-hybridized carbons (Fsp3) is 0.852. The van der Waals surface area contributed by atoms with Gasteiger partial charge in [0, 0.05) is 12.1 Å². The van der Waals surface area contributed by atoms with Gasteiger partial charge in [-0.15, -0.1) is 0 Å². The minimum Gasteiger partial charge on any atom is -0.381 e. The van der Waals surface area contributed by atoms with Crippen LogP contribution in [0.2, 0.25) is 0 Å². The molecule has 5 amide bonds. The van der Waals surface area contributed by atoms with Crippen LogP contribution in [-0.2, 0) is 14.4 Å². The molecule has 0 spiro atoms. The van der Waals surface area contributed by atoms with Crippen LogP contribution in [0.25, 0.3) is 0 Å². The molecule has 3 aliphatic rings. The molecular weight excluding hydrogens is 476 g/mol. The van der Waals surface area contributed by atoms with Crippen LogP contribution < -0.4 is 21.7 Å². The fourth-order valence-electron chi connectivity index (χ4n) is 5.96. The van der Waals surface area contributed by atoms with E-state index in [-0.39, 0.29) is 29.1 Å². The van der Waals surface area contributed by atoms with Gasteiger partial charge in [0.1, 0.15) is 12.1 Å². The van der Waals surface area contributed by atoms with Gasteiger partial charge in [-0.25, -0.2) is 4.79 Å². The predicted octanol–water partition coefficient (Wildman–Crippen LogP) is 1.50. The van der Waals surface area contributed by atoms with Crippen molar-refractivity contribution in [1.29, 1.82) is 0 Å². The summed E-state index contributed by atoms with van der Waals surface area (Å²) >= 11 is 0. The number of fused-ring (bicyclic) bond motifs is 1. The summed E-state index contributed by atoms with van der Waals surface area (Å²) in [4.78, 5) is 53.7. The Bertz CT molecular complexity index is 917. The van der Waals surface area contributed by atoms with Gasteiger partial charge in [0.2, 0.25) is 17.7 Å². The van der Waals surface area contributed by atoms with Gasteiger partial charge < -0.3 is 31.7 Å². The number of carbonyl (C=O) groups is 4. The number of nitrogens with two attached hydrogens (primary N) is 1. The smallest absolute Gasteiger partial charge is 0.315 e. The molecule has 3 rings (SSSR count). The average Bonchev–Trinajstić information content (AvgIpc) is 3.06. The van der Waals surface area contributed by atoms with Crippen molar-refractivity contribution in [3.8, 4) is 0 Å². The number of nitrogens with zero attached hydrogens (tertiary/aromatic N) is 1. The number of aliphatic hydroxyl groups excluding tert-OH is 1. The first kappa shape index (κ1) is 29.2. The number of likely N-dealkylation sites (tertiary alicyclic amines) is 1. The highest BCUT2D eigenvalue weighted by Crippen LogP contribution is 2.65. The van der Waals surface area contributed by atoms with E-state index < -0.39 is 47.1 Å². The number of carbonyl (C=O) groups excluding carboxylic acids is 4. The molecule has 3 fully saturated rings. The molecule has 0 unspecified atom stereocenters. The van der Waals surface area contributed by atoms with Crippen LogP contribution in [0, 0.1) is 28.6 Å².